The predicted octanol–water partition coefficient (Wildman–Crippen LogP) is 3.02. The average molecular weight is 842 g/mol. The van der Waals surface area contributed by atoms with E-state index in [0.29, 0.717) is 25.1 Å². The Bertz CT molecular complexity index is 1980. The van der Waals surface area contributed by atoms with Crippen LogP contribution in [0.2, 0.25) is 0 Å². The van der Waals surface area contributed by atoms with E-state index in [1.54, 1.807) is 10.8 Å². The number of nitrogens with one attached hydrogen (secondary N) is 1. The van der Waals surface area contributed by atoms with Crippen LogP contribution in [0.25, 0.3) is 11.3 Å². The molecule has 1 saturated heterocycles. The van der Waals surface area contributed by atoms with Gasteiger partial charge in [0, 0.05) is 50.0 Å². The lowest BCUT2D eigenvalue weighted by Crippen LogP contribution is -2.48. The summed E-state index contributed by atoms with van der Waals surface area (Å²) in [5.41, 5.74) is 12.0. The van der Waals surface area contributed by atoms with Gasteiger partial charge in [0.2, 0.25) is 23.6 Å². The Kier molecular flexibility index (Phi) is 16.8. The fourth-order valence-corrected chi connectivity index (χ4v) is 7.87. The Hall–Kier alpha value is -5.04. The fraction of sp³-hybridized carbons (Fsp3) is 0.488. The maximum absolute atomic E-state index is 15.0. The van der Waals surface area contributed by atoms with Crippen molar-refractivity contribution in [1.82, 2.24) is 24.7 Å². The number of benzene rings is 2. The molecule has 2 heterocycles. The molecule has 3 aromatic rings. The molecular formula is C41H53F2N7O8S. The minimum Gasteiger partial charge on any atom is -0.480 e. The molecular weight excluding hydrogens is 789 g/mol. The molecule has 2 aromatic carbocycles. The summed E-state index contributed by atoms with van der Waals surface area (Å²) in [6, 6.07) is 9.30. The largest absolute Gasteiger partial charge is 0.480 e. The summed E-state index contributed by atoms with van der Waals surface area (Å²) in [7, 11) is 0. The van der Waals surface area contributed by atoms with Crippen molar-refractivity contribution in [2.24, 2.45) is 16.9 Å². The number of halogens is 2. The summed E-state index contributed by atoms with van der Waals surface area (Å²) < 4.78 is 31.1. The third-order valence-electron chi connectivity index (χ3n) is 9.85. The second-order valence-corrected chi connectivity index (χ2v) is 16.8. The second-order valence-electron chi connectivity index (χ2n) is 15.6. The normalized spacial score (nSPS) is 15.9. The van der Waals surface area contributed by atoms with Crippen LogP contribution in [0.15, 0.2) is 54.7 Å². The van der Waals surface area contributed by atoms with Crippen LogP contribution in [0.4, 0.5) is 8.78 Å². The molecule has 0 bridgehead atoms. The summed E-state index contributed by atoms with van der Waals surface area (Å²) in [6.45, 7) is 4.80. The summed E-state index contributed by atoms with van der Waals surface area (Å²) in [5.74, 6) is -4.46. The Labute approximate surface area is 345 Å². The number of imide groups is 1. The number of aliphatic hydroxyl groups excluding tert-OH is 1. The van der Waals surface area contributed by atoms with Gasteiger partial charge < -0.3 is 36.5 Å². The van der Waals surface area contributed by atoms with Gasteiger partial charge in [-0.15, -0.1) is 11.8 Å². The van der Waals surface area contributed by atoms with Gasteiger partial charge in [-0.3, -0.25) is 33.7 Å². The van der Waals surface area contributed by atoms with E-state index in [1.807, 2.05) is 51.1 Å². The number of likely N-dealkylation sites (tertiary alicyclic amines) is 1. The molecule has 1 aliphatic rings. The number of carbonyl (C=O) groups is 6. The molecule has 7 N–H and O–H groups in total. The van der Waals surface area contributed by atoms with Crippen LogP contribution in [0.1, 0.15) is 76.7 Å². The Balaban J connectivity index is 1.34. The van der Waals surface area contributed by atoms with Crippen molar-refractivity contribution in [2.75, 3.05) is 32.0 Å². The van der Waals surface area contributed by atoms with E-state index in [4.69, 9.17) is 21.6 Å². The van der Waals surface area contributed by atoms with Crippen molar-refractivity contribution in [3.05, 3.63) is 77.8 Å². The zero-order valence-electron chi connectivity index (χ0n) is 33.4. The minimum absolute atomic E-state index is 0.00360. The number of aliphatic carboxylic acids is 1. The predicted molar refractivity (Wildman–Crippen MR) is 216 cm³/mol. The van der Waals surface area contributed by atoms with Crippen LogP contribution in [-0.2, 0) is 35.3 Å². The van der Waals surface area contributed by atoms with Crippen LogP contribution < -0.4 is 16.8 Å². The van der Waals surface area contributed by atoms with Gasteiger partial charge >= 0.3 is 5.97 Å². The van der Waals surface area contributed by atoms with Gasteiger partial charge in [0.1, 0.15) is 30.1 Å². The summed E-state index contributed by atoms with van der Waals surface area (Å²) in [5, 5.41) is 20.9. The second kappa shape index (κ2) is 21.3. The number of carboxylic acids is 1. The number of unbranched alkanes of at least 4 members (excludes halogenated alkanes) is 2. The van der Waals surface area contributed by atoms with Crippen molar-refractivity contribution < 1.29 is 47.8 Å². The van der Waals surface area contributed by atoms with Crippen molar-refractivity contribution in [2.45, 2.75) is 89.2 Å². The minimum atomic E-state index is -1.19. The molecule has 0 radical (unpaired) electrons. The van der Waals surface area contributed by atoms with Crippen molar-refractivity contribution in [3.8, 4) is 11.3 Å². The Morgan fingerprint density at radius 3 is 2.41 bits per heavy atom. The third-order valence-corrected chi connectivity index (χ3v) is 11.2. The van der Waals surface area contributed by atoms with Gasteiger partial charge in [-0.25, -0.2) is 13.8 Å². The molecule has 59 heavy (non-hydrogen) atoms. The van der Waals surface area contributed by atoms with Crippen LogP contribution in [0.3, 0.4) is 0 Å². The van der Waals surface area contributed by atoms with E-state index in [-0.39, 0.29) is 80.0 Å². The van der Waals surface area contributed by atoms with E-state index in [9.17, 15) is 38.3 Å². The number of amides is 4. The molecule has 1 unspecified atom stereocenters. The van der Waals surface area contributed by atoms with Crippen molar-refractivity contribution in [1.29, 1.82) is 0 Å². The zero-order valence-corrected chi connectivity index (χ0v) is 34.3. The molecule has 0 spiro atoms. The molecule has 18 heteroatoms. The van der Waals surface area contributed by atoms with Crippen LogP contribution in [0, 0.1) is 17.0 Å². The van der Waals surface area contributed by atoms with Gasteiger partial charge in [-0.1, -0.05) is 57.5 Å². The maximum Gasteiger partial charge on any atom is 0.321 e. The molecule has 4 atom stereocenters. The number of carbonyl (C=O) groups excluding carboxylic acids is 5. The van der Waals surface area contributed by atoms with Gasteiger partial charge in [0.05, 0.1) is 29.6 Å². The van der Waals surface area contributed by atoms with Gasteiger partial charge in [-0.2, -0.15) is 0 Å². The highest BCUT2D eigenvalue weighted by Crippen LogP contribution is 2.39. The first kappa shape index (κ1) is 46.6. The summed E-state index contributed by atoms with van der Waals surface area (Å²) in [4.78, 5) is 82.3. The molecule has 4 amide bonds. The number of ketones is 1. The van der Waals surface area contributed by atoms with Crippen LogP contribution >= 0.6 is 11.8 Å². The average Bonchev–Trinajstić information content (AvgIpc) is 3.72. The number of aromatic nitrogens is 2. The van der Waals surface area contributed by atoms with Crippen LogP contribution in [-0.4, -0.2) is 114 Å². The lowest BCUT2D eigenvalue weighted by molar-refractivity contribution is -0.140. The molecule has 15 nitrogen and oxygen atoms in total. The first-order valence-electron chi connectivity index (χ1n) is 19.4. The number of hydrogen-bond donors (Lipinski definition) is 5. The molecule has 1 aromatic heterocycles. The topological polar surface area (TPSA) is 231 Å². The smallest absolute Gasteiger partial charge is 0.321 e. The molecule has 0 aliphatic carbocycles. The number of hydrogen-bond acceptors (Lipinski definition) is 11. The zero-order chi connectivity index (χ0) is 43.4. The molecule has 1 aliphatic heterocycles. The first-order chi connectivity index (χ1) is 27.9. The molecule has 320 valence electrons. The highest BCUT2D eigenvalue weighted by atomic mass is 32.2. The summed E-state index contributed by atoms with van der Waals surface area (Å²) in [6.07, 6.45) is 3.08. The summed E-state index contributed by atoms with van der Waals surface area (Å²) >= 11 is 1.05. The van der Waals surface area contributed by atoms with Gasteiger partial charge in [0.25, 0.3) is 0 Å². The SMILES string of the molecule is CC(C)(C)[C@H](c1nc(-c2cc(F)ccc2F)cn1Cc1ccccc1)N(CC[C@H](N)C(=O)NCC(=O)CCCCCN1C(=O)CC(SC[C@H](N)C(=O)O)C1=O)C(=O)CO. The van der Waals surface area contributed by atoms with E-state index in [2.05, 4.69) is 5.32 Å². The monoisotopic (exact) mass is 841 g/mol. The van der Waals surface area contributed by atoms with E-state index in [0.717, 1.165) is 40.4 Å². The first-order valence-corrected chi connectivity index (χ1v) is 20.4. The van der Waals surface area contributed by atoms with Gasteiger partial charge in [0.15, 0.2) is 5.78 Å². The fourth-order valence-electron chi connectivity index (χ4n) is 6.75. The number of nitrogens with two attached hydrogens (primary N) is 2. The number of carboxylic acid groups (broad SMARTS) is 1. The molecule has 4 rings (SSSR count). The maximum atomic E-state index is 15.0. The highest BCUT2D eigenvalue weighted by Gasteiger charge is 2.40. The number of aliphatic hydroxyl groups is 1. The Morgan fingerprint density at radius 1 is 1.03 bits per heavy atom. The quantitative estimate of drug-likeness (QED) is 0.0727. The van der Waals surface area contributed by atoms with Crippen LogP contribution in [0.5, 0.6) is 0 Å². The number of nitrogens with zero attached hydrogens (tertiary/aromatic N) is 4. The van der Waals surface area contributed by atoms with E-state index < -0.39 is 64.8 Å². The third kappa shape index (κ3) is 13.0. The van der Waals surface area contributed by atoms with Crippen molar-refractivity contribution in [3.63, 3.8) is 0 Å². The number of thioether (sulfide) groups is 1. The molecule has 1 fully saturated rings. The number of rotatable bonds is 22. The van der Waals surface area contributed by atoms with E-state index >= 15 is 4.39 Å². The highest BCUT2D eigenvalue weighted by molar-refractivity contribution is 8.00. The van der Waals surface area contributed by atoms with Gasteiger partial charge in [-0.05, 0) is 48.4 Å². The van der Waals surface area contributed by atoms with E-state index in [1.165, 1.54) is 4.90 Å². The standard InChI is InChI=1S/C41H53F2N7O8S/c1-41(2,3)36(37-47-32(28-18-26(42)13-14-29(28)43)22-48(37)21-25-10-6-4-7-11-25)49(35(54)23-51)17-15-30(44)38(55)46-20-27(52)12-8-5-9-16-50-34(53)19-33(39(50)56)59-24-31(45)40(57)58/h4,6-7,10-11,13-14,18,22,30-31,33,36,51H,5,8-9,12,15-17,19-21,23-24,44-45H2,1-3H3,(H,46,55)(H,57,58)/t30-,31-,33?,36-/m0/s1. The Morgan fingerprint density at radius 2 is 1.75 bits per heavy atom. The lowest BCUT2D eigenvalue weighted by atomic mass is 9.84. The number of Topliss-reactive ketones (excluding diaryl/α,β-unsaturated/α-hetero) is 1. The van der Waals surface area contributed by atoms with Crippen molar-refractivity contribution >= 4 is 47.1 Å². The lowest BCUT2D eigenvalue weighted by Gasteiger charge is -2.40. The number of imidazole rings is 1. The molecule has 0 saturated carbocycles.